The minimum absolute atomic E-state index is 0.0480. The summed E-state index contributed by atoms with van der Waals surface area (Å²) < 4.78 is 0. The summed E-state index contributed by atoms with van der Waals surface area (Å²) >= 11 is 1.48. The van der Waals surface area contributed by atoms with Gasteiger partial charge in [-0.2, -0.15) is 0 Å². The van der Waals surface area contributed by atoms with E-state index in [4.69, 9.17) is 0 Å². The van der Waals surface area contributed by atoms with E-state index < -0.39 is 23.7 Å². The molecular weight excluding hydrogens is 352 g/mol. The van der Waals surface area contributed by atoms with Gasteiger partial charge in [0.15, 0.2) is 0 Å². The molecule has 1 aromatic heterocycles. The van der Waals surface area contributed by atoms with Gasteiger partial charge < -0.3 is 5.11 Å². The molecule has 2 aliphatic carbocycles. The first kappa shape index (κ1) is 18.6. The Kier molecular flexibility index (Phi) is 4.92. The van der Waals surface area contributed by atoms with E-state index >= 15 is 0 Å². The molecule has 1 heterocycles. The van der Waals surface area contributed by atoms with Crippen LogP contribution in [0.5, 0.6) is 0 Å². The Morgan fingerprint density at radius 3 is 2.19 bits per heavy atom. The summed E-state index contributed by atoms with van der Waals surface area (Å²) in [5, 5.41) is 11.4. The smallest absolute Gasteiger partial charge is 0.307 e. The number of nitrogens with one attached hydrogen (secondary N) is 2. The van der Waals surface area contributed by atoms with Crippen LogP contribution in [0, 0.1) is 37.5 Å². The third-order valence-electron chi connectivity index (χ3n) is 5.84. The molecule has 4 atom stereocenters. The van der Waals surface area contributed by atoms with Gasteiger partial charge >= 0.3 is 5.97 Å². The van der Waals surface area contributed by atoms with Crippen molar-refractivity contribution in [3.05, 3.63) is 32.5 Å². The Bertz CT molecular complexity index is 806. The molecule has 0 aromatic carbocycles. The van der Waals surface area contributed by atoms with Crippen molar-refractivity contribution in [1.82, 2.24) is 10.9 Å². The Labute approximate surface area is 156 Å². The maximum atomic E-state index is 12.7. The summed E-state index contributed by atoms with van der Waals surface area (Å²) in [6.45, 7) is 7.75. The number of rotatable bonds is 3. The number of amides is 2. The van der Waals surface area contributed by atoms with Crippen LogP contribution in [0.25, 0.3) is 0 Å². The van der Waals surface area contributed by atoms with Gasteiger partial charge in [-0.15, -0.1) is 11.3 Å². The standard InChI is InChI=1S/C19H24N2O4S/c1-8(2)14-11-5-6-12(14)16(19(24)25)15(11)18(23)21-20-17(22)13-7-26-10(4)9(13)3/h7,11-12,15-16H,5-6H2,1-4H3,(H,20,22)(H,21,23)(H,24,25)/t11-,12-,15+,16+/m1/s1. The highest BCUT2D eigenvalue weighted by Gasteiger charge is 2.57. The molecule has 0 aliphatic heterocycles. The molecule has 2 saturated carbocycles. The van der Waals surface area contributed by atoms with Crippen molar-refractivity contribution in [3.63, 3.8) is 0 Å². The van der Waals surface area contributed by atoms with Gasteiger partial charge in [0.1, 0.15) is 0 Å². The molecule has 0 unspecified atom stereocenters. The van der Waals surface area contributed by atoms with Crippen molar-refractivity contribution in [3.8, 4) is 0 Å². The lowest BCUT2D eigenvalue weighted by Crippen LogP contribution is -2.48. The topological polar surface area (TPSA) is 95.5 Å². The van der Waals surface area contributed by atoms with E-state index in [1.165, 1.54) is 11.3 Å². The largest absolute Gasteiger partial charge is 0.481 e. The van der Waals surface area contributed by atoms with Gasteiger partial charge in [0.2, 0.25) is 5.91 Å². The van der Waals surface area contributed by atoms with Gasteiger partial charge in [0.05, 0.1) is 17.4 Å². The molecule has 0 radical (unpaired) electrons. The Morgan fingerprint density at radius 2 is 1.69 bits per heavy atom. The van der Waals surface area contributed by atoms with E-state index in [1.807, 2.05) is 27.7 Å². The molecule has 6 nitrogen and oxygen atoms in total. The number of hydrogen-bond acceptors (Lipinski definition) is 4. The summed E-state index contributed by atoms with van der Waals surface area (Å²) in [5.41, 5.74) is 8.56. The number of thiophene rings is 1. The zero-order valence-electron chi connectivity index (χ0n) is 15.4. The molecule has 2 fully saturated rings. The third-order valence-corrected chi connectivity index (χ3v) is 6.85. The number of hydrazine groups is 1. The Balaban J connectivity index is 1.75. The van der Waals surface area contributed by atoms with Gasteiger partial charge in [-0.1, -0.05) is 11.1 Å². The first-order chi connectivity index (χ1) is 12.2. The fraction of sp³-hybridized carbons (Fsp3) is 0.526. The maximum Gasteiger partial charge on any atom is 0.307 e. The highest BCUT2D eigenvalue weighted by atomic mass is 32.1. The molecule has 0 spiro atoms. The fourth-order valence-electron chi connectivity index (χ4n) is 4.61. The second kappa shape index (κ2) is 6.87. The SMILES string of the molecule is CC(C)=C1[C@H]2CC[C@H]1[C@H](C(=O)NNC(=O)c1csc(C)c1C)[C@H]2C(=O)O. The van der Waals surface area contributed by atoms with Crippen molar-refractivity contribution in [1.29, 1.82) is 0 Å². The normalized spacial score (nSPS) is 26.7. The average Bonchev–Trinajstić information content (AvgIpc) is 3.24. The van der Waals surface area contributed by atoms with Crippen LogP contribution in [0.2, 0.25) is 0 Å². The number of aliphatic carboxylic acids is 1. The van der Waals surface area contributed by atoms with Crippen LogP contribution in [0.1, 0.15) is 47.5 Å². The van der Waals surface area contributed by atoms with Crippen molar-refractivity contribution in [2.24, 2.45) is 23.7 Å². The summed E-state index contributed by atoms with van der Waals surface area (Å²) in [6.07, 6.45) is 1.63. The van der Waals surface area contributed by atoms with Gasteiger partial charge in [0.25, 0.3) is 5.91 Å². The second-order valence-corrected chi connectivity index (χ2v) is 8.49. The van der Waals surface area contributed by atoms with Crippen molar-refractivity contribution in [2.75, 3.05) is 0 Å². The van der Waals surface area contributed by atoms with E-state index in [2.05, 4.69) is 10.9 Å². The van der Waals surface area contributed by atoms with E-state index in [9.17, 15) is 19.5 Å². The quantitative estimate of drug-likeness (QED) is 0.558. The minimum Gasteiger partial charge on any atom is -0.481 e. The monoisotopic (exact) mass is 376 g/mol. The number of carboxylic acids is 1. The van der Waals surface area contributed by atoms with Crippen LogP contribution < -0.4 is 10.9 Å². The van der Waals surface area contributed by atoms with E-state index in [-0.39, 0.29) is 17.7 Å². The van der Waals surface area contributed by atoms with Crippen LogP contribution in [-0.4, -0.2) is 22.9 Å². The predicted octanol–water partition coefficient (Wildman–Crippen LogP) is 2.82. The van der Waals surface area contributed by atoms with E-state index in [1.54, 1.807) is 5.38 Å². The summed E-state index contributed by atoms with van der Waals surface area (Å²) in [6, 6.07) is 0. The maximum absolute atomic E-state index is 12.7. The lowest BCUT2D eigenvalue weighted by Gasteiger charge is -2.26. The number of aryl methyl sites for hydroxylation is 1. The van der Waals surface area contributed by atoms with Crippen LogP contribution >= 0.6 is 11.3 Å². The molecule has 140 valence electrons. The number of hydrogen-bond donors (Lipinski definition) is 3. The second-order valence-electron chi connectivity index (χ2n) is 7.41. The first-order valence-electron chi connectivity index (χ1n) is 8.79. The summed E-state index contributed by atoms with van der Waals surface area (Å²) in [4.78, 5) is 37.9. The molecule has 1 aromatic rings. The molecule has 3 rings (SSSR count). The minimum atomic E-state index is -0.938. The van der Waals surface area contributed by atoms with E-state index in [0.29, 0.717) is 5.56 Å². The summed E-state index contributed by atoms with van der Waals surface area (Å²) in [7, 11) is 0. The highest BCUT2D eigenvalue weighted by Crippen LogP contribution is 2.57. The molecule has 26 heavy (non-hydrogen) atoms. The van der Waals surface area contributed by atoms with Crippen molar-refractivity contribution >= 4 is 29.1 Å². The third kappa shape index (κ3) is 2.94. The van der Waals surface area contributed by atoms with Crippen LogP contribution in [-0.2, 0) is 9.59 Å². The van der Waals surface area contributed by atoms with Crippen LogP contribution in [0.4, 0.5) is 0 Å². The Morgan fingerprint density at radius 1 is 1.08 bits per heavy atom. The van der Waals surface area contributed by atoms with Gasteiger partial charge in [-0.3, -0.25) is 25.2 Å². The number of carbonyl (C=O) groups excluding carboxylic acids is 2. The molecule has 2 bridgehead atoms. The summed E-state index contributed by atoms with van der Waals surface area (Å²) in [5.74, 6) is -3.21. The highest BCUT2D eigenvalue weighted by molar-refractivity contribution is 7.10. The number of allylic oxidation sites excluding steroid dienone is 2. The molecule has 3 N–H and O–H groups in total. The zero-order valence-corrected chi connectivity index (χ0v) is 16.2. The fourth-order valence-corrected chi connectivity index (χ4v) is 5.48. The number of carboxylic acid groups (broad SMARTS) is 1. The molecule has 7 heteroatoms. The first-order valence-corrected chi connectivity index (χ1v) is 9.67. The lowest BCUT2D eigenvalue weighted by molar-refractivity contribution is -0.149. The van der Waals surface area contributed by atoms with Crippen LogP contribution in [0.15, 0.2) is 16.5 Å². The van der Waals surface area contributed by atoms with Gasteiger partial charge in [0, 0.05) is 10.3 Å². The lowest BCUT2D eigenvalue weighted by atomic mass is 9.79. The predicted molar refractivity (Wildman–Crippen MR) is 98.6 cm³/mol. The van der Waals surface area contributed by atoms with Crippen LogP contribution in [0.3, 0.4) is 0 Å². The number of carbonyl (C=O) groups is 3. The van der Waals surface area contributed by atoms with Crippen molar-refractivity contribution < 1.29 is 19.5 Å². The molecule has 2 amide bonds. The molecular formula is C19H24N2O4S. The number of fused-ring (bicyclic) bond motifs is 2. The average molecular weight is 376 g/mol. The van der Waals surface area contributed by atoms with Gasteiger partial charge in [-0.05, 0) is 57.9 Å². The molecule has 0 saturated heterocycles. The van der Waals surface area contributed by atoms with Gasteiger partial charge in [-0.25, -0.2) is 0 Å². The zero-order chi connectivity index (χ0) is 19.2. The molecule has 2 aliphatic rings. The Hall–Kier alpha value is -2.15. The van der Waals surface area contributed by atoms with E-state index in [0.717, 1.165) is 34.4 Å². The van der Waals surface area contributed by atoms with Crippen molar-refractivity contribution in [2.45, 2.75) is 40.5 Å².